The predicted octanol–water partition coefficient (Wildman–Crippen LogP) is 0.620. The van der Waals surface area contributed by atoms with Crippen LogP contribution in [0.15, 0.2) is 30.3 Å². The van der Waals surface area contributed by atoms with E-state index < -0.39 is 0 Å². The number of hydrogen-bond acceptors (Lipinski definition) is 1. The van der Waals surface area contributed by atoms with Crippen molar-refractivity contribution in [2.24, 2.45) is 0 Å². The van der Waals surface area contributed by atoms with Crippen LogP contribution in [0, 0.1) is 0 Å². The summed E-state index contributed by atoms with van der Waals surface area (Å²) in [4.78, 5) is 0. The average molecular weight is 101 g/mol. The van der Waals surface area contributed by atoms with Crippen LogP contribution in [0.25, 0.3) is 0 Å². The molecule has 1 nitrogen and oxygen atoms in total. The van der Waals surface area contributed by atoms with Crippen molar-refractivity contribution in [3.8, 4) is 0 Å². The Balaban J connectivity index is 0.000000490. The predicted molar refractivity (Wildman–Crippen MR) is 38.0 cm³/mol. The summed E-state index contributed by atoms with van der Waals surface area (Å²) in [5.74, 6) is 0. The molecule has 0 aromatic heterocycles. The zero-order valence-corrected chi connectivity index (χ0v) is 3.96. The van der Waals surface area contributed by atoms with Crippen LogP contribution >= 0.6 is 0 Å². The van der Waals surface area contributed by atoms with Gasteiger partial charge in [-0.05, 0) is 12.1 Å². The number of nitrogens with two attached hydrogens (primary N) is 1. The van der Waals surface area contributed by atoms with Gasteiger partial charge in [0.25, 0.3) is 0 Å². The van der Waals surface area contributed by atoms with Crippen molar-refractivity contribution < 1.29 is 0 Å². The van der Waals surface area contributed by atoms with E-state index in [-0.39, 0.29) is 18.9 Å². The Labute approximate surface area is 61.1 Å². The molecule has 1 aromatic carbocycles. The minimum absolute atomic E-state index is 0. The standard InChI is InChI=1S/C6H7N.Li.H/c7-6-4-2-1-3-5-6;;/h1-5H,7H2;;. The molecule has 2 heteroatoms. The van der Waals surface area contributed by atoms with E-state index >= 15 is 0 Å². The fourth-order valence-electron chi connectivity index (χ4n) is 0.453. The van der Waals surface area contributed by atoms with E-state index in [2.05, 4.69) is 0 Å². The topological polar surface area (TPSA) is 26.0 Å². The quantitative estimate of drug-likeness (QED) is 0.376. The zero-order valence-electron chi connectivity index (χ0n) is 3.96. The van der Waals surface area contributed by atoms with Crippen LogP contribution < -0.4 is 5.73 Å². The first-order chi connectivity index (χ1) is 3.39. The van der Waals surface area contributed by atoms with Gasteiger partial charge in [-0.3, -0.25) is 0 Å². The minimum atomic E-state index is 0. The SMILES string of the molecule is Nc1ccccc1.[LiH]. The molecule has 8 heavy (non-hydrogen) atoms. The van der Waals surface area contributed by atoms with Gasteiger partial charge in [-0.25, -0.2) is 0 Å². The van der Waals surface area contributed by atoms with Crippen molar-refractivity contribution in [3.63, 3.8) is 0 Å². The molecule has 0 amide bonds. The van der Waals surface area contributed by atoms with Gasteiger partial charge in [-0.2, -0.15) is 0 Å². The number of para-hydroxylation sites is 1. The molecule has 0 aliphatic carbocycles. The summed E-state index contributed by atoms with van der Waals surface area (Å²) >= 11 is 0. The maximum atomic E-state index is 5.36. The van der Waals surface area contributed by atoms with Gasteiger partial charge in [0.2, 0.25) is 0 Å². The summed E-state index contributed by atoms with van der Waals surface area (Å²) in [5, 5.41) is 0. The van der Waals surface area contributed by atoms with Crippen molar-refractivity contribution >= 4 is 24.5 Å². The van der Waals surface area contributed by atoms with Crippen molar-refractivity contribution in [3.05, 3.63) is 30.3 Å². The number of benzene rings is 1. The Morgan fingerprint density at radius 1 is 1.00 bits per heavy atom. The van der Waals surface area contributed by atoms with E-state index in [0.29, 0.717) is 0 Å². The van der Waals surface area contributed by atoms with E-state index in [1.807, 2.05) is 30.3 Å². The van der Waals surface area contributed by atoms with E-state index in [1.54, 1.807) is 0 Å². The molecule has 1 rings (SSSR count). The summed E-state index contributed by atoms with van der Waals surface area (Å²) < 4.78 is 0. The maximum absolute atomic E-state index is 5.36. The third kappa shape index (κ3) is 2.06. The van der Waals surface area contributed by atoms with Gasteiger partial charge in [0.1, 0.15) is 0 Å². The molecule has 0 saturated heterocycles. The van der Waals surface area contributed by atoms with Gasteiger partial charge in [0.05, 0.1) is 0 Å². The Kier molecular flexibility index (Phi) is 3.43. The van der Waals surface area contributed by atoms with Gasteiger partial charge in [0, 0.05) is 5.69 Å². The van der Waals surface area contributed by atoms with Crippen molar-refractivity contribution in [2.75, 3.05) is 5.73 Å². The number of rotatable bonds is 0. The Hall–Kier alpha value is -0.383. The fourth-order valence-corrected chi connectivity index (χ4v) is 0.453. The van der Waals surface area contributed by atoms with E-state index in [0.717, 1.165) is 5.69 Å². The number of anilines is 1. The van der Waals surface area contributed by atoms with Gasteiger partial charge in [-0.1, -0.05) is 18.2 Å². The molecule has 1 aromatic rings. The summed E-state index contributed by atoms with van der Waals surface area (Å²) in [6.45, 7) is 0. The molecular formula is C6H8LiN. The third-order valence-electron chi connectivity index (χ3n) is 0.800. The van der Waals surface area contributed by atoms with Crippen molar-refractivity contribution in [1.82, 2.24) is 0 Å². The van der Waals surface area contributed by atoms with E-state index in [9.17, 15) is 0 Å². The second-order valence-corrected chi connectivity index (χ2v) is 1.41. The van der Waals surface area contributed by atoms with E-state index in [4.69, 9.17) is 5.73 Å². The van der Waals surface area contributed by atoms with Crippen molar-refractivity contribution in [2.45, 2.75) is 0 Å². The van der Waals surface area contributed by atoms with Gasteiger partial charge < -0.3 is 5.73 Å². The number of nitrogen functional groups attached to an aromatic ring is 1. The Morgan fingerprint density at radius 3 is 1.75 bits per heavy atom. The van der Waals surface area contributed by atoms with Gasteiger partial charge >= 0.3 is 18.9 Å². The fraction of sp³-hybridized carbons (Fsp3) is 0. The first-order valence-electron chi connectivity index (χ1n) is 2.20. The summed E-state index contributed by atoms with van der Waals surface area (Å²) in [6.07, 6.45) is 0. The average Bonchev–Trinajstić information content (AvgIpc) is 1.69. The molecular weight excluding hydrogens is 93.0 g/mol. The monoisotopic (exact) mass is 101 g/mol. The summed E-state index contributed by atoms with van der Waals surface area (Å²) in [6, 6.07) is 9.49. The van der Waals surface area contributed by atoms with Crippen LogP contribution in [0.3, 0.4) is 0 Å². The molecule has 0 aliphatic rings. The molecule has 0 radical (unpaired) electrons. The second-order valence-electron chi connectivity index (χ2n) is 1.41. The van der Waals surface area contributed by atoms with E-state index in [1.165, 1.54) is 0 Å². The van der Waals surface area contributed by atoms with Crippen LogP contribution in [0.4, 0.5) is 5.69 Å². The molecule has 0 spiro atoms. The normalized spacial score (nSPS) is 7.50. The van der Waals surface area contributed by atoms with Crippen LogP contribution in [0.2, 0.25) is 0 Å². The Morgan fingerprint density at radius 2 is 1.50 bits per heavy atom. The Bertz CT molecular complexity index is 138. The molecule has 0 fully saturated rings. The molecule has 0 aliphatic heterocycles. The second kappa shape index (κ2) is 3.60. The third-order valence-corrected chi connectivity index (χ3v) is 0.800. The number of hydrogen-bond donors (Lipinski definition) is 1. The van der Waals surface area contributed by atoms with Crippen molar-refractivity contribution in [1.29, 1.82) is 0 Å². The molecule has 0 heterocycles. The van der Waals surface area contributed by atoms with Crippen LogP contribution in [-0.4, -0.2) is 18.9 Å². The summed E-state index contributed by atoms with van der Waals surface area (Å²) in [5.41, 5.74) is 6.18. The van der Waals surface area contributed by atoms with Crippen LogP contribution in [0.5, 0.6) is 0 Å². The molecule has 0 saturated carbocycles. The summed E-state index contributed by atoms with van der Waals surface area (Å²) in [7, 11) is 0. The van der Waals surface area contributed by atoms with Gasteiger partial charge in [-0.15, -0.1) is 0 Å². The molecule has 2 N–H and O–H groups in total. The van der Waals surface area contributed by atoms with Crippen LogP contribution in [-0.2, 0) is 0 Å². The molecule has 38 valence electrons. The van der Waals surface area contributed by atoms with Crippen LogP contribution in [0.1, 0.15) is 0 Å². The first kappa shape index (κ1) is 7.62. The van der Waals surface area contributed by atoms with Gasteiger partial charge in [0.15, 0.2) is 0 Å². The molecule has 0 bridgehead atoms. The first-order valence-corrected chi connectivity index (χ1v) is 2.20. The molecule has 0 unspecified atom stereocenters. The zero-order chi connectivity index (χ0) is 5.11. The molecule has 0 atom stereocenters.